The normalized spacial score (nSPS) is 22.8. The summed E-state index contributed by atoms with van der Waals surface area (Å²) in [5.74, 6) is -0.0120. The molecule has 0 saturated heterocycles. The number of fused-ring (bicyclic) bond motifs is 1. The smallest absolute Gasteiger partial charge is 0.234 e. The lowest BCUT2D eigenvalue weighted by molar-refractivity contribution is -0.121. The van der Waals surface area contributed by atoms with E-state index >= 15 is 0 Å². The lowest BCUT2D eigenvalue weighted by atomic mass is 9.71. The minimum atomic E-state index is -0.601. The second-order valence-electron chi connectivity index (χ2n) is 5.50. The summed E-state index contributed by atoms with van der Waals surface area (Å²) >= 11 is 0. The average molecular weight is 228 g/mol. The first kappa shape index (κ1) is 11.7. The fraction of sp³-hybridized carbons (Fsp3) is 0.429. The van der Waals surface area contributed by atoms with Gasteiger partial charge in [-0.3, -0.25) is 4.79 Å². The quantitative estimate of drug-likeness (QED) is 0.846. The zero-order valence-corrected chi connectivity index (χ0v) is 10.4. The number of benzene rings is 1. The molecule has 3 nitrogen and oxygen atoms in total. The highest BCUT2D eigenvalue weighted by molar-refractivity contribution is 6.05. The van der Waals surface area contributed by atoms with Crippen molar-refractivity contribution in [2.75, 3.05) is 5.32 Å². The Hall–Kier alpha value is -1.82. The van der Waals surface area contributed by atoms with Crippen LogP contribution in [-0.4, -0.2) is 5.91 Å². The van der Waals surface area contributed by atoms with Gasteiger partial charge in [0.1, 0.15) is 0 Å². The number of para-hydroxylation sites is 1. The molecule has 88 valence electrons. The molecule has 17 heavy (non-hydrogen) atoms. The van der Waals surface area contributed by atoms with Gasteiger partial charge in [0.15, 0.2) is 0 Å². The van der Waals surface area contributed by atoms with Crippen LogP contribution in [0.25, 0.3) is 0 Å². The monoisotopic (exact) mass is 228 g/mol. The highest BCUT2D eigenvalue weighted by Crippen LogP contribution is 2.44. The van der Waals surface area contributed by atoms with Crippen LogP contribution in [0.5, 0.6) is 0 Å². The number of amides is 1. The van der Waals surface area contributed by atoms with Crippen molar-refractivity contribution in [3.8, 4) is 6.07 Å². The summed E-state index contributed by atoms with van der Waals surface area (Å²) in [6.45, 7) is 5.65. The molecule has 1 unspecified atom stereocenters. The van der Waals surface area contributed by atoms with E-state index < -0.39 is 10.8 Å². The highest BCUT2D eigenvalue weighted by Gasteiger charge is 2.45. The molecular weight excluding hydrogens is 212 g/mol. The second-order valence-corrected chi connectivity index (χ2v) is 5.50. The molecule has 2 rings (SSSR count). The Morgan fingerprint density at radius 1 is 1.41 bits per heavy atom. The first-order valence-electron chi connectivity index (χ1n) is 5.71. The van der Waals surface area contributed by atoms with Crippen LogP contribution in [0.4, 0.5) is 5.69 Å². The fourth-order valence-electron chi connectivity index (χ4n) is 2.55. The largest absolute Gasteiger partial charge is 0.325 e. The maximum absolute atomic E-state index is 12.1. The van der Waals surface area contributed by atoms with Gasteiger partial charge in [-0.1, -0.05) is 18.2 Å². The van der Waals surface area contributed by atoms with Gasteiger partial charge in [0.05, 0.1) is 16.9 Å². The zero-order valence-electron chi connectivity index (χ0n) is 10.4. The van der Waals surface area contributed by atoms with Crippen molar-refractivity contribution < 1.29 is 4.79 Å². The Kier molecular flexibility index (Phi) is 2.46. The van der Waals surface area contributed by atoms with E-state index in [1.54, 1.807) is 0 Å². The minimum Gasteiger partial charge on any atom is -0.325 e. The van der Waals surface area contributed by atoms with Gasteiger partial charge in [0.25, 0.3) is 0 Å². The predicted molar refractivity (Wildman–Crippen MR) is 66.4 cm³/mol. The summed E-state index contributed by atoms with van der Waals surface area (Å²) in [7, 11) is 0. The van der Waals surface area contributed by atoms with E-state index in [1.807, 2.05) is 45.0 Å². The maximum atomic E-state index is 12.1. The van der Waals surface area contributed by atoms with E-state index in [0.29, 0.717) is 6.42 Å². The summed E-state index contributed by atoms with van der Waals surface area (Å²) in [5.41, 5.74) is 0.751. The topological polar surface area (TPSA) is 52.9 Å². The van der Waals surface area contributed by atoms with Gasteiger partial charge in [0, 0.05) is 5.69 Å². The van der Waals surface area contributed by atoms with Gasteiger partial charge in [-0.05, 0) is 38.8 Å². The summed E-state index contributed by atoms with van der Waals surface area (Å²) in [5, 5.41) is 12.0. The molecule has 1 atom stereocenters. The number of nitrogens with zero attached hydrogens (tertiary/aromatic N) is 1. The summed E-state index contributed by atoms with van der Waals surface area (Å²) in [6.07, 6.45) is 0.527. The van der Waals surface area contributed by atoms with Gasteiger partial charge in [-0.2, -0.15) is 5.26 Å². The van der Waals surface area contributed by atoms with Crippen molar-refractivity contribution in [2.45, 2.75) is 32.6 Å². The third kappa shape index (κ3) is 1.80. The predicted octanol–water partition coefficient (Wildman–Crippen LogP) is 2.84. The van der Waals surface area contributed by atoms with Gasteiger partial charge < -0.3 is 5.32 Å². The van der Waals surface area contributed by atoms with Crippen LogP contribution in [0.15, 0.2) is 24.3 Å². The minimum absolute atomic E-state index is 0.0120. The first-order valence-corrected chi connectivity index (χ1v) is 5.71. The van der Waals surface area contributed by atoms with Crippen molar-refractivity contribution in [3.05, 3.63) is 29.8 Å². The van der Waals surface area contributed by atoms with Gasteiger partial charge >= 0.3 is 0 Å². The van der Waals surface area contributed by atoms with E-state index in [4.69, 9.17) is 5.26 Å². The van der Waals surface area contributed by atoms with Gasteiger partial charge in [-0.15, -0.1) is 0 Å². The molecule has 1 aromatic carbocycles. The third-order valence-electron chi connectivity index (χ3n) is 3.37. The average Bonchev–Trinajstić information content (AvgIpc) is 2.51. The molecule has 0 spiro atoms. The van der Waals surface area contributed by atoms with E-state index in [-0.39, 0.29) is 5.91 Å². The van der Waals surface area contributed by atoms with Crippen LogP contribution in [0.2, 0.25) is 0 Å². The molecule has 1 amide bonds. The van der Waals surface area contributed by atoms with Gasteiger partial charge in [-0.25, -0.2) is 0 Å². The SMILES string of the molecule is CC(C)(C#N)CC1(C)C(=O)Nc2ccccc21. The van der Waals surface area contributed by atoms with Crippen molar-refractivity contribution in [1.82, 2.24) is 0 Å². The molecule has 1 aromatic rings. The Bertz CT molecular complexity index is 513. The Morgan fingerprint density at radius 3 is 2.71 bits per heavy atom. The molecule has 1 N–H and O–H groups in total. The number of nitriles is 1. The molecule has 0 saturated carbocycles. The lowest BCUT2D eigenvalue weighted by Gasteiger charge is -2.28. The number of carbonyl (C=O) groups excluding carboxylic acids is 1. The number of rotatable bonds is 2. The molecule has 1 heterocycles. The molecule has 0 aliphatic carbocycles. The Labute approximate surface area is 101 Å². The van der Waals surface area contributed by atoms with Crippen LogP contribution >= 0.6 is 0 Å². The van der Waals surface area contributed by atoms with E-state index in [0.717, 1.165) is 11.3 Å². The maximum Gasteiger partial charge on any atom is 0.234 e. The van der Waals surface area contributed by atoms with Crippen LogP contribution in [0, 0.1) is 16.7 Å². The molecule has 3 heteroatoms. The van der Waals surface area contributed by atoms with Crippen molar-refractivity contribution in [1.29, 1.82) is 5.26 Å². The molecule has 0 aromatic heterocycles. The molecule has 1 aliphatic heterocycles. The zero-order chi connectivity index (χ0) is 12.7. The highest BCUT2D eigenvalue weighted by atomic mass is 16.2. The Balaban J connectivity index is 2.45. The van der Waals surface area contributed by atoms with Crippen LogP contribution in [-0.2, 0) is 10.2 Å². The summed E-state index contributed by atoms with van der Waals surface area (Å²) < 4.78 is 0. The number of hydrogen-bond donors (Lipinski definition) is 1. The van der Waals surface area contributed by atoms with E-state index in [2.05, 4.69) is 11.4 Å². The first-order chi connectivity index (χ1) is 7.89. The van der Waals surface area contributed by atoms with Crippen LogP contribution < -0.4 is 5.32 Å². The second kappa shape index (κ2) is 3.59. The fourth-order valence-corrected chi connectivity index (χ4v) is 2.55. The number of anilines is 1. The molecule has 1 aliphatic rings. The molecule has 0 fully saturated rings. The molecular formula is C14H16N2O. The number of carbonyl (C=O) groups is 1. The molecule has 0 bridgehead atoms. The van der Waals surface area contributed by atoms with E-state index in [9.17, 15) is 4.79 Å². The number of nitrogens with one attached hydrogen (secondary N) is 1. The van der Waals surface area contributed by atoms with Crippen molar-refractivity contribution in [2.24, 2.45) is 5.41 Å². The van der Waals surface area contributed by atoms with Gasteiger partial charge in [0.2, 0.25) is 5.91 Å². The van der Waals surface area contributed by atoms with Crippen LogP contribution in [0.1, 0.15) is 32.8 Å². The lowest BCUT2D eigenvalue weighted by Crippen LogP contribution is -2.35. The summed E-state index contributed by atoms with van der Waals surface area (Å²) in [6, 6.07) is 9.95. The third-order valence-corrected chi connectivity index (χ3v) is 3.37. The summed E-state index contributed by atoms with van der Waals surface area (Å²) in [4.78, 5) is 12.1. The van der Waals surface area contributed by atoms with Crippen molar-refractivity contribution in [3.63, 3.8) is 0 Å². The van der Waals surface area contributed by atoms with Crippen LogP contribution in [0.3, 0.4) is 0 Å². The molecule has 0 radical (unpaired) electrons. The number of hydrogen-bond acceptors (Lipinski definition) is 2. The Morgan fingerprint density at radius 2 is 2.06 bits per heavy atom. The van der Waals surface area contributed by atoms with E-state index in [1.165, 1.54) is 0 Å². The van der Waals surface area contributed by atoms with Crippen molar-refractivity contribution >= 4 is 11.6 Å². The standard InChI is InChI=1S/C14H16N2O/c1-13(2,9-15)8-14(3)10-6-4-5-7-11(10)16-12(14)17/h4-7H,8H2,1-3H3,(H,16,17).